The second-order valence-electron chi connectivity index (χ2n) is 5.71. The maximum atomic E-state index is 9.98. The van der Waals surface area contributed by atoms with Gasteiger partial charge in [-0.2, -0.15) is 0 Å². The minimum absolute atomic E-state index is 0.0768. The molecule has 2 nitrogen and oxygen atoms in total. The molecule has 2 rings (SSSR count). The molecule has 19 heavy (non-hydrogen) atoms. The van der Waals surface area contributed by atoms with Gasteiger partial charge in [-0.15, -0.1) is 0 Å². The second-order valence-corrected chi connectivity index (χ2v) is 5.71. The van der Waals surface area contributed by atoms with Crippen LogP contribution in [0.3, 0.4) is 0 Å². The third-order valence-corrected chi connectivity index (χ3v) is 3.23. The zero-order valence-electron chi connectivity index (χ0n) is 11.9. The lowest BCUT2D eigenvalue weighted by Crippen LogP contribution is -2.11. The quantitative estimate of drug-likeness (QED) is 0.864. The molecule has 0 radical (unpaired) electrons. The lowest BCUT2D eigenvalue weighted by atomic mass is 9.84. The number of benzene rings is 2. The van der Waals surface area contributed by atoms with E-state index >= 15 is 0 Å². The first-order valence-corrected chi connectivity index (χ1v) is 6.40. The summed E-state index contributed by atoms with van der Waals surface area (Å²) in [6.45, 7) is 6.29. The topological polar surface area (TPSA) is 29.5 Å². The standard InChI is InChI=1S/C17H20O2/c1-17(2,3)15-11-13(7-10-16(15)18)12-5-8-14(19-4)9-6-12/h5-11,18H,1-4H3. The number of phenolic OH excluding ortho intramolecular Hbond substituents is 1. The van der Waals surface area contributed by atoms with E-state index in [1.54, 1.807) is 13.2 Å². The van der Waals surface area contributed by atoms with Crippen molar-refractivity contribution in [2.75, 3.05) is 7.11 Å². The van der Waals surface area contributed by atoms with Crippen molar-refractivity contribution in [3.63, 3.8) is 0 Å². The molecule has 1 N–H and O–H groups in total. The molecule has 0 saturated heterocycles. The highest BCUT2D eigenvalue weighted by Gasteiger charge is 2.18. The maximum Gasteiger partial charge on any atom is 0.119 e. The number of ether oxygens (including phenoxy) is 1. The van der Waals surface area contributed by atoms with Crippen LogP contribution in [0.2, 0.25) is 0 Å². The molecule has 0 heterocycles. The van der Waals surface area contributed by atoms with E-state index in [1.807, 2.05) is 30.3 Å². The highest BCUT2D eigenvalue weighted by molar-refractivity contribution is 5.66. The minimum atomic E-state index is -0.0768. The summed E-state index contributed by atoms with van der Waals surface area (Å²) in [4.78, 5) is 0. The Morgan fingerprint density at radius 2 is 1.47 bits per heavy atom. The van der Waals surface area contributed by atoms with Crippen LogP contribution in [-0.2, 0) is 5.41 Å². The molecular formula is C17H20O2. The summed E-state index contributed by atoms with van der Waals surface area (Å²) in [5.41, 5.74) is 3.10. The molecule has 0 aliphatic heterocycles. The van der Waals surface area contributed by atoms with Crippen LogP contribution < -0.4 is 4.74 Å². The van der Waals surface area contributed by atoms with Crippen LogP contribution in [-0.4, -0.2) is 12.2 Å². The van der Waals surface area contributed by atoms with Gasteiger partial charge in [0.1, 0.15) is 11.5 Å². The Hall–Kier alpha value is -1.96. The summed E-state index contributed by atoms with van der Waals surface area (Å²) in [7, 11) is 1.66. The third-order valence-electron chi connectivity index (χ3n) is 3.23. The van der Waals surface area contributed by atoms with Crippen molar-refractivity contribution in [1.82, 2.24) is 0 Å². The van der Waals surface area contributed by atoms with Gasteiger partial charge in [0.2, 0.25) is 0 Å². The Morgan fingerprint density at radius 3 is 2.00 bits per heavy atom. The molecule has 0 unspecified atom stereocenters. The van der Waals surface area contributed by atoms with Gasteiger partial charge in [0.15, 0.2) is 0 Å². The molecule has 0 aromatic heterocycles. The molecule has 100 valence electrons. The van der Waals surface area contributed by atoms with E-state index in [4.69, 9.17) is 4.74 Å². The normalized spacial score (nSPS) is 11.4. The van der Waals surface area contributed by atoms with Gasteiger partial charge in [-0.05, 0) is 46.4 Å². The van der Waals surface area contributed by atoms with E-state index in [2.05, 4.69) is 26.8 Å². The van der Waals surface area contributed by atoms with Crippen molar-refractivity contribution in [3.8, 4) is 22.6 Å². The maximum absolute atomic E-state index is 9.98. The molecule has 0 amide bonds. The Morgan fingerprint density at radius 1 is 0.895 bits per heavy atom. The molecule has 0 saturated carbocycles. The fourth-order valence-corrected chi connectivity index (χ4v) is 2.10. The predicted octanol–water partition coefficient (Wildman–Crippen LogP) is 4.37. The number of hydrogen-bond donors (Lipinski definition) is 1. The Bertz CT molecular complexity index is 563. The van der Waals surface area contributed by atoms with Crippen LogP contribution in [0.5, 0.6) is 11.5 Å². The zero-order chi connectivity index (χ0) is 14.0. The summed E-state index contributed by atoms with van der Waals surface area (Å²) < 4.78 is 5.16. The number of aromatic hydroxyl groups is 1. The van der Waals surface area contributed by atoms with Gasteiger partial charge < -0.3 is 9.84 Å². The van der Waals surface area contributed by atoms with Crippen molar-refractivity contribution in [2.24, 2.45) is 0 Å². The summed E-state index contributed by atoms with van der Waals surface area (Å²) in [6.07, 6.45) is 0. The van der Waals surface area contributed by atoms with Crippen molar-refractivity contribution in [1.29, 1.82) is 0 Å². The molecule has 0 fully saturated rings. The first-order chi connectivity index (χ1) is 8.91. The summed E-state index contributed by atoms with van der Waals surface area (Å²) in [6, 6.07) is 13.7. The van der Waals surface area contributed by atoms with E-state index in [9.17, 15) is 5.11 Å². The Labute approximate surface area is 114 Å². The van der Waals surface area contributed by atoms with Crippen molar-refractivity contribution in [3.05, 3.63) is 48.0 Å². The molecule has 0 aliphatic carbocycles. The monoisotopic (exact) mass is 256 g/mol. The van der Waals surface area contributed by atoms with Gasteiger partial charge in [0.05, 0.1) is 7.11 Å². The van der Waals surface area contributed by atoms with E-state index < -0.39 is 0 Å². The average molecular weight is 256 g/mol. The first kappa shape index (κ1) is 13.5. The lowest BCUT2D eigenvalue weighted by molar-refractivity contribution is 0.415. The number of hydrogen-bond acceptors (Lipinski definition) is 2. The second kappa shape index (κ2) is 4.96. The highest BCUT2D eigenvalue weighted by atomic mass is 16.5. The minimum Gasteiger partial charge on any atom is -0.508 e. The Kier molecular flexibility index (Phi) is 3.52. The third kappa shape index (κ3) is 2.90. The summed E-state index contributed by atoms with van der Waals surface area (Å²) >= 11 is 0. The molecular weight excluding hydrogens is 236 g/mol. The van der Waals surface area contributed by atoms with Crippen molar-refractivity contribution in [2.45, 2.75) is 26.2 Å². The zero-order valence-corrected chi connectivity index (χ0v) is 11.9. The molecule has 2 aromatic rings. The van der Waals surface area contributed by atoms with E-state index in [0.717, 1.165) is 22.4 Å². The molecule has 0 bridgehead atoms. The van der Waals surface area contributed by atoms with Gasteiger partial charge in [-0.25, -0.2) is 0 Å². The molecule has 0 aliphatic rings. The van der Waals surface area contributed by atoms with E-state index in [0.29, 0.717) is 5.75 Å². The van der Waals surface area contributed by atoms with Crippen LogP contribution in [0.4, 0.5) is 0 Å². The molecule has 2 aromatic carbocycles. The highest BCUT2D eigenvalue weighted by Crippen LogP contribution is 2.34. The number of phenols is 1. The van der Waals surface area contributed by atoms with Crippen LogP contribution >= 0.6 is 0 Å². The van der Waals surface area contributed by atoms with Crippen LogP contribution in [0.1, 0.15) is 26.3 Å². The fraction of sp³-hybridized carbons (Fsp3) is 0.294. The van der Waals surface area contributed by atoms with E-state index in [1.165, 1.54) is 0 Å². The fourth-order valence-electron chi connectivity index (χ4n) is 2.10. The van der Waals surface area contributed by atoms with Crippen LogP contribution in [0, 0.1) is 0 Å². The van der Waals surface area contributed by atoms with Crippen LogP contribution in [0.15, 0.2) is 42.5 Å². The van der Waals surface area contributed by atoms with E-state index in [-0.39, 0.29) is 5.41 Å². The van der Waals surface area contributed by atoms with Crippen molar-refractivity contribution >= 4 is 0 Å². The lowest BCUT2D eigenvalue weighted by Gasteiger charge is -2.21. The summed E-state index contributed by atoms with van der Waals surface area (Å²) in [5, 5.41) is 9.98. The van der Waals surface area contributed by atoms with Gasteiger partial charge in [0, 0.05) is 0 Å². The average Bonchev–Trinajstić information content (AvgIpc) is 2.38. The van der Waals surface area contributed by atoms with Gasteiger partial charge in [0.25, 0.3) is 0 Å². The number of methoxy groups -OCH3 is 1. The molecule has 2 heteroatoms. The predicted molar refractivity (Wildman–Crippen MR) is 78.8 cm³/mol. The largest absolute Gasteiger partial charge is 0.508 e. The first-order valence-electron chi connectivity index (χ1n) is 6.40. The number of rotatable bonds is 2. The molecule has 0 spiro atoms. The van der Waals surface area contributed by atoms with Gasteiger partial charge in [-0.3, -0.25) is 0 Å². The Balaban J connectivity index is 2.45. The molecule has 0 atom stereocenters. The van der Waals surface area contributed by atoms with Crippen molar-refractivity contribution < 1.29 is 9.84 Å². The summed E-state index contributed by atoms with van der Waals surface area (Å²) in [5.74, 6) is 1.20. The van der Waals surface area contributed by atoms with Crippen LogP contribution in [0.25, 0.3) is 11.1 Å². The smallest absolute Gasteiger partial charge is 0.119 e. The SMILES string of the molecule is COc1ccc(-c2ccc(O)c(C(C)(C)C)c2)cc1. The van der Waals surface area contributed by atoms with Gasteiger partial charge >= 0.3 is 0 Å². The van der Waals surface area contributed by atoms with Gasteiger partial charge in [-0.1, -0.05) is 39.0 Å².